The van der Waals surface area contributed by atoms with Crippen molar-refractivity contribution in [2.24, 2.45) is 5.73 Å². The Kier molecular flexibility index (Phi) is 3.78. The molecule has 0 saturated heterocycles. The standard InChI is InChI=1S/C10H13Cl2NO/c1-10(5-13,6-14)8-3-2-7(11)4-9(8)12/h2-4,14H,5-6,13H2,1H3. The molecule has 0 amide bonds. The summed E-state index contributed by atoms with van der Waals surface area (Å²) in [6.07, 6.45) is 0. The molecule has 1 rings (SSSR count). The summed E-state index contributed by atoms with van der Waals surface area (Å²) in [5.74, 6) is 0. The molecule has 0 heterocycles. The summed E-state index contributed by atoms with van der Waals surface area (Å²) < 4.78 is 0. The fourth-order valence-corrected chi connectivity index (χ4v) is 1.88. The molecule has 1 aromatic carbocycles. The molecule has 0 aromatic heterocycles. The van der Waals surface area contributed by atoms with Crippen LogP contribution in [-0.4, -0.2) is 18.3 Å². The van der Waals surface area contributed by atoms with Crippen molar-refractivity contribution in [2.45, 2.75) is 12.3 Å². The summed E-state index contributed by atoms with van der Waals surface area (Å²) in [4.78, 5) is 0. The van der Waals surface area contributed by atoms with Crippen LogP contribution in [-0.2, 0) is 5.41 Å². The van der Waals surface area contributed by atoms with Gasteiger partial charge in [0.1, 0.15) is 0 Å². The normalized spacial score (nSPS) is 15.2. The number of hydrogen-bond donors (Lipinski definition) is 2. The molecule has 0 saturated carbocycles. The summed E-state index contributed by atoms with van der Waals surface area (Å²) >= 11 is 11.8. The molecule has 1 atom stereocenters. The van der Waals surface area contributed by atoms with Crippen molar-refractivity contribution in [1.29, 1.82) is 0 Å². The van der Waals surface area contributed by atoms with E-state index in [1.807, 2.05) is 6.92 Å². The highest BCUT2D eigenvalue weighted by Crippen LogP contribution is 2.31. The predicted octanol–water partition coefficient (Wildman–Crippen LogP) is 2.20. The van der Waals surface area contributed by atoms with Gasteiger partial charge in [-0.1, -0.05) is 36.2 Å². The molecule has 14 heavy (non-hydrogen) atoms. The van der Waals surface area contributed by atoms with Crippen molar-refractivity contribution in [3.63, 3.8) is 0 Å². The maximum absolute atomic E-state index is 9.26. The van der Waals surface area contributed by atoms with Crippen molar-refractivity contribution in [3.8, 4) is 0 Å². The van der Waals surface area contributed by atoms with Crippen LogP contribution < -0.4 is 5.73 Å². The molecule has 0 spiro atoms. The Morgan fingerprint density at radius 2 is 2.07 bits per heavy atom. The lowest BCUT2D eigenvalue weighted by Crippen LogP contribution is -2.35. The van der Waals surface area contributed by atoms with E-state index in [0.29, 0.717) is 16.6 Å². The first kappa shape index (κ1) is 11.8. The maximum Gasteiger partial charge on any atom is 0.0537 e. The van der Waals surface area contributed by atoms with Crippen molar-refractivity contribution in [2.75, 3.05) is 13.2 Å². The molecule has 0 bridgehead atoms. The van der Waals surface area contributed by atoms with Crippen LogP contribution in [0.5, 0.6) is 0 Å². The van der Waals surface area contributed by atoms with Gasteiger partial charge in [-0.2, -0.15) is 0 Å². The molecule has 3 N–H and O–H groups in total. The highest BCUT2D eigenvalue weighted by Gasteiger charge is 2.26. The van der Waals surface area contributed by atoms with Crippen LogP contribution >= 0.6 is 23.2 Å². The Morgan fingerprint density at radius 1 is 1.43 bits per heavy atom. The van der Waals surface area contributed by atoms with E-state index >= 15 is 0 Å². The summed E-state index contributed by atoms with van der Waals surface area (Å²) in [6, 6.07) is 5.20. The van der Waals surface area contributed by atoms with E-state index in [1.165, 1.54) is 0 Å². The number of benzene rings is 1. The minimum absolute atomic E-state index is 0.0369. The monoisotopic (exact) mass is 233 g/mol. The van der Waals surface area contributed by atoms with Gasteiger partial charge in [0, 0.05) is 22.0 Å². The number of halogens is 2. The quantitative estimate of drug-likeness (QED) is 0.842. The molecule has 2 nitrogen and oxygen atoms in total. The van der Waals surface area contributed by atoms with E-state index in [2.05, 4.69) is 0 Å². The van der Waals surface area contributed by atoms with E-state index < -0.39 is 5.41 Å². The molecule has 0 aliphatic carbocycles. The molecular formula is C10H13Cl2NO. The van der Waals surface area contributed by atoms with E-state index in [9.17, 15) is 5.11 Å². The van der Waals surface area contributed by atoms with Crippen LogP contribution in [0.25, 0.3) is 0 Å². The Labute approximate surface area is 93.6 Å². The Hall–Kier alpha value is -0.280. The van der Waals surface area contributed by atoms with E-state index in [1.54, 1.807) is 18.2 Å². The Morgan fingerprint density at radius 3 is 2.50 bits per heavy atom. The second kappa shape index (κ2) is 4.49. The van der Waals surface area contributed by atoms with Gasteiger partial charge in [0.25, 0.3) is 0 Å². The largest absolute Gasteiger partial charge is 0.395 e. The lowest BCUT2D eigenvalue weighted by Gasteiger charge is -2.27. The van der Waals surface area contributed by atoms with E-state index in [0.717, 1.165) is 5.56 Å². The van der Waals surface area contributed by atoms with Crippen molar-refractivity contribution < 1.29 is 5.11 Å². The van der Waals surface area contributed by atoms with Gasteiger partial charge in [0.2, 0.25) is 0 Å². The molecule has 0 aliphatic rings. The number of nitrogens with two attached hydrogens (primary N) is 1. The zero-order valence-electron chi connectivity index (χ0n) is 7.93. The van der Waals surface area contributed by atoms with Crippen molar-refractivity contribution in [3.05, 3.63) is 33.8 Å². The molecule has 4 heteroatoms. The zero-order chi connectivity index (χ0) is 10.8. The lowest BCUT2D eigenvalue weighted by molar-refractivity contribution is 0.210. The summed E-state index contributed by atoms with van der Waals surface area (Å²) in [5.41, 5.74) is 5.93. The van der Waals surface area contributed by atoms with Gasteiger partial charge in [0.05, 0.1) is 6.61 Å². The van der Waals surface area contributed by atoms with Gasteiger partial charge in [-0.15, -0.1) is 0 Å². The van der Waals surface area contributed by atoms with E-state index in [4.69, 9.17) is 28.9 Å². The fourth-order valence-electron chi connectivity index (χ4n) is 1.24. The first-order valence-electron chi connectivity index (χ1n) is 4.30. The first-order valence-corrected chi connectivity index (χ1v) is 5.05. The topological polar surface area (TPSA) is 46.2 Å². The van der Waals surface area contributed by atoms with Gasteiger partial charge in [0.15, 0.2) is 0 Å². The maximum atomic E-state index is 9.26. The third-order valence-corrected chi connectivity index (χ3v) is 2.93. The number of rotatable bonds is 3. The Bertz CT molecular complexity index is 324. The average molecular weight is 234 g/mol. The zero-order valence-corrected chi connectivity index (χ0v) is 9.44. The second-order valence-electron chi connectivity index (χ2n) is 3.55. The van der Waals surface area contributed by atoms with Crippen LogP contribution in [0, 0.1) is 0 Å². The third kappa shape index (κ3) is 2.20. The minimum Gasteiger partial charge on any atom is -0.395 e. The van der Waals surface area contributed by atoms with Crippen LogP contribution in [0.2, 0.25) is 10.0 Å². The molecule has 0 aliphatic heterocycles. The van der Waals surface area contributed by atoms with Gasteiger partial charge < -0.3 is 10.8 Å². The Balaban J connectivity index is 3.17. The number of aliphatic hydroxyl groups is 1. The van der Waals surface area contributed by atoms with Gasteiger partial charge in [-0.25, -0.2) is 0 Å². The third-order valence-electron chi connectivity index (χ3n) is 2.38. The number of aliphatic hydroxyl groups excluding tert-OH is 1. The highest BCUT2D eigenvalue weighted by molar-refractivity contribution is 6.35. The predicted molar refractivity (Wildman–Crippen MR) is 60.0 cm³/mol. The number of hydrogen-bond acceptors (Lipinski definition) is 2. The molecule has 78 valence electrons. The van der Waals surface area contributed by atoms with Crippen LogP contribution in [0.1, 0.15) is 12.5 Å². The average Bonchev–Trinajstić information content (AvgIpc) is 2.17. The smallest absolute Gasteiger partial charge is 0.0537 e. The molecule has 0 radical (unpaired) electrons. The highest BCUT2D eigenvalue weighted by atomic mass is 35.5. The molecular weight excluding hydrogens is 221 g/mol. The lowest BCUT2D eigenvalue weighted by atomic mass is 9.83. The molecule has 1 unspecified atom stereocenters. The second-order valence-corrected chi connectivity index (χ2v) is 4.39. The summed E-state index contributed by atoms with van der Waals surface area (Å²) in [7, 11) is 0. The SMILES string of the molecule is CC(CN)(CO)c1ccc(Cl)cc1Cl. The first-order chi connectivity index (χ1) is 6.53. The van der Waals surface area contributed by atoms with Crippen LogP contribution in [0.4, 0.5) is 0 Å². The van der Waals surface area contributed by atoms with Gasteiger partial charge in [-0.05, 0) is 17.7 Å². The fraction of sp³-hybridized carbons (Fsp3) is 0.400. The van der Waals surface area contributed by atoms with Gasteiger partial charge in [-0.3, -0.25) is 0 Å². The van der Waals surface area contributed by atoms with Crippen LogP contribution in [0.15, 0.2) is 18.2 Å². The van der Waals surface area contributed by atoms with Crippen LogP contribution in [0.3, 0.4) is 0 Å². The van der Waals surface area contributed by atoms with Crippen molar-refractivity contribution in [1.82, 2.24) is 0 Å². The van der Waals surface area contributed by atoms with Crippen molar-refractivity contribution >= 4 is 23.2 Å². The summed E-state index contributed by atoms with van der Waals surface area (Å²) in [6.45, 7) is 2.16. The van der Waals surface area contributed by atoms with E-state index in [-0.39, 0.29) is 6.61 Å². The minimum atomic E-state index is -0.498. The molecule has 1 aromatic rings. The molecule has 0 fully saturated rings. The summed E-state index contributed by atoms with van der Waals surface area (Å²) in [5, 5.41) is 10.4. The van der Waals surface area contributed by atoms with Gasteiger partial charge >= 0.3 is 0 Å².